The SMILES string of the molecule is C#CC(NN)C(C)CC. The van der Waals surface area contributed by atoms with Crippen molar-refractivity contribution in [1.82, 2.24) is 5.43 Å². The maximum atomic E-state index is 5.17. The molecule has 2 atom stereocenters. The molecule has 0 spiro atoms. The molecule has 9 heavy (non-hydrogen) atoms. The summed E-state index contributed by atoms with van der Waals surface area (Å²) in [7, 11) is 0. The Hall–Kier alpha value is -0.520. The van der Waals surface area contributed by atoms with Gasteiger partial charge in [-0.2, -0.15) is 0 Å². The van der Waals surface area contributed by atoms with E-state index >= 15 is 0 Å². The second-order valence-corrected chi connectivity index (χ2v) is 2.20. The summed E-state index contributed by atoms with van der Waals surface area (Å²) in [6.07, 6.45) is 6.22. The van der Waals surface area contributed by atoms with Crippen LogP contribution in [0.3, 0.4) is 0 Å². The summed E-state index contributed by atoms with van der Waals surface area (Å²) in [4.78, 5) is 0. The van der Waals surface area contributed by atoms with Gasteiger partial charge >= 0.3 is 0 Å². The molecule has 2 heteroatoms. The van der Waals surface area contributed by atoms with Crippen molar-refractivity contribution >= 4 is 0 Å². The second-order valence-electron chi connectivity index (χ2n) is 2.20. The van der Waals surface area contributed by atoms with Crippen LogP contribution in [0.5, 0.6) is 0 Å². The van der Waals surface area contributed by atoms with E-state index in [0.29, 0.717) is 5.92 Å². The number of hydrogen-bond acceptors (Lipinski definition) is 2. The summed E-state index contributed by atoms with van der Waals surface area (Å²) in [6.45, 7) is 4.16. The minimum Gasteiger partial charge on any atom is -0.270 e. The van der Waals surface area contributed by atoms with Gasteiger partial charge < -0.3 is 0 Å². The van der Waals surface area contributed by atoms with Crippen LogP contribution < -0.4 is 11.3 Å². The zero-order chi connectivity index (χ0) is 7.28. The van der Waals surface area contributed by atoms with Gasteiger partial charge in [0.05, 0.1) is 6.04 Å². The number of rotatable bonds is 3. The lowest BCUT2D eigenvalue weighted by molar-refractivity contribution is 0.442. The fourth-order valence-electron chi connectivity index (χ4n) is 0.612. The normalized spacial score (nSPS) is 16.2. The predicted octanol–water partition coefficient (Wildman–Crippen LogP) is 0.498. The Morgan fingerprint density at radius 2 is 2.33 bits per heavy atom. The van der Waals surface area contributed by atoms with E-state index in [9.17, 15) is 0 Å². The molecule has 0 heterocycles. The molecule has 0 bridgehead atoms. The van der Waals surface area contributed by atoms with E-state index in [1.54, 1.807) is 0 Å². The Kier molecular flexibility index (Phi) is 4.12. The van der Waals surface area contributed by atoms with Gasteiger partial charge in [-0.25, -0.2) is 5.43 Å². The van der Waals surface area contributed by atoms with Crippen LogP contribution in [-0.4, -0.2) is 6.04 Å². The van der Waals surface area contributed by atoms with Crippen LogP contribution in [-0.2, 0) is 0 Å². The Balaban J connectivity index is 3.68. The molecule has 0 rings (SSSR count). The van der Waals surface area contributed by atoms with Crippen LogP contribution in [0.25, 0.3) is 0 Å². The topological polar surface area (TPSA) is 38.0 Å². The molecule has 0 amide bonds. The third-order valence-electron chi connectivity index (χ3n) is 1.57. The Labute approximate surface area is 56.8 Å². The van der Waals surface area contributed by atoms with Gasteiger partial charge in [-0.1, -0.05) is 26.2 Å². The summed E-state index contributed by atoms with van der Waals surface area (Å²) < 4.78 is 0. The maximum Gasteiger partial charge on any atom is 0.0840 e. The highest BCUT2D eigenvalue weighted by molar-refractivity contribution is 4.99. The average Bonchev–Trinajstić information content (AvgIpc) is 1.90. The van der Waals surface area contributed by atoms with Crippen molar-refractivity contribution in [3.63, 3.8) is 0 Å². The van der Waals surface area contributed by atoms with Gasteiger partial charge in [0.25, 0.3) is 0 Å². The minimum absolute atomic E-state index is 0.0231. The molecule has 52 valence electrons. The van der Waals surface area contributed by atoms with Crippen LogP contribution in [0, 0.1) is 18.3 Å². The van der Waals surface area contributed by atoms with Crippen LogP contribution in [0.2, 0.25) is 0 Å². The van der Waals surface area contributed by atoms with Crippen LogP contribution in [0.15, 0.2) is 0 Å². The molecule has 0 radical (unpaired) electrons. The molecule has 2 nitrogen and oxygen atoms in total. The molecule has 0 saturated heterocycles. The largest absolute Gasteiger partial charge is 0.270 e. The zero-order valence-corrected chi connectivity index (χ0v) is 6.02. The first-order chi connectivity index (χ1) is 4.26. The monoisotopic (exact) mass is 126 g/mol. The van der Waals surface area contributed by atoms with Crippen molar-refractivity contribution in [2.75, 3.05) is 0 Å². The third kappa shape index (κ3) is 2.50. The number of nitrogens with one attached hydrogen (secondary N) is 1. The summed E-state index contributed by atoms with van der Waals surface area (Å²) in [5.74, 6) is 8.19. The summed E-state index contributed by atoms with van der Waals surface area (Å²) in [5, 5.41) is 0. The van der Waals surface area contributed by atoms with Crippen molar-refractivity contribution in [3.8, 4) is 12.3 Å². The van der Waals surface area contributed by atoms with E-state index in [-0.39, 0.29) is 6.04 Å². The molecule has 0 aromatic rings. The van der Waals surface area contributed by atoms with Crippen molar-refractivity contribution in [3.05, 3.63) is 0 Å². The summed E-state index contributed by atoms with van der Waals surface area (Å²) in [5.41, 5.74) is 2.57. The van der Waals surface area contributed by atoms with E-state index in [1.165, 1.54) is 0 Å². The first kappa shape index (κ1) is 8.48. The lowest BCUT2D eigenvalue weighted by atomic mass is 10.0. The fourth-order valence-corrected chi connectivity index (χ4v) is 0.612. The highest BCUT2D eigenvalue weighted by Gasteiger charge is 2.08. The Morgan fingerprint density at radius 1 is 1.78 bits per heavy atom. The lowest BCUT2D eigenvalue weighted by Gasteiger charge is -2.14. The van der Waals surface area contributed by atoms with E-state index < -0.39 is 0 Å². The number of nitrogens with two attached hydrogens (primary N) is 1. The first-order valence-corrected chi connectivity index (χ1v) is 3.18. The molecule has 0 aliphatic heterocycles. The molecule has 0 saturated carbocycles. The lowest BCUT2D eigenvalue weighted by Crippen LogP contribution is -2.38. The van der Waals surface area contributed by atoms with Crippen molar-refractivity contribution < 1.29 is 0 Å². The summed E-state index contributed by atoms with van der Waals surface area (Å²) in [6, 6.07) is 0.0231. The molecule has 3 N–H and O–H groups in total. The first-order valence-electron chi connectivity index (χ1n) is 3.18. The van der Waals surface area contributed by atoms with Gasteiger partial charge in [-0.05, 0) is 5.92 Å². The van der Waals surface area contributed by atoms with Crippen LogP contribution >= 0.6 is 0 Å². The highest BCUT2D eigenvalue weighted by Crippen LogP contribution is 2.04. The van der Waals surface area contributed by atoms with Gasteiger partial charge in [0, 0.05) is 0 Å². The van der Waals surface area contributed by atoms with Gasteiger partial charge in [0.1, 0.15) is 0 Å². The molecular formula is C7H14N2. The fraction of sp³-hybridized carbons (Fsp3) is 0.714. The molecule has 0 aliphatic carbocycles. The van der Waals surface area contributed by atoms with E-state index in [2.05, 4.69) is 25.2 Å². The van der Waals surface area contributed by atoms with Crippen molar-refractivity contribution in [2.45, 2.75) is 26.3 Å². The Bertz CT molecular complexity index is 104. The third-order valence-corrected chi connectivity index (χ3v) is 1.57. The van der Waals surface area contributed by atoms with Gasteiger partial charge in [0.15, 0.2) is 0 Å². The molecule has 0 fully saturated rings. The molecular weight excluding hydrogens is 112 g/mol. The molecule has 2 unspecified atom stereocenters. The maximum absolute atomic E-state index is 5.17. The quantitative estimate of drug-likeness (QED) is 0.328. The predicted molar refractivity (Wildman–Crippen MR) is 39.4 cm³/mol. The standard InChI is InChI=1S/C7H14N2/c1-4-6(3)7(5-2)9-8/h2,6-7,9H,4,8H2,1,3H3. The highest BCUT2D eigenvalue weighted by atomic mass is 15.2. The van der Waals surface area contributed by atoms with Gasteiger partial charge in [-0.3, -0.25) is 5.84 Å². The number of terminal acetylenes is 1. The number of hydrogen-bond donors (Lipinski definition) is 2. The summed E-state index contributed by atoms with van der Waals surface area (Å²) >= 11 is 0. The number of hydrazine groups is 1. The van der Waals surface area contributed by atoms with Gasteiger partial charge in [0.2, 0.25) is 0 Å². The van der Waals surface area contributed by atoms with Crippen LogP contribution in [0.4, 0.5) is 0 Å². The molecule has 0 aromatic heterocycles. The van der Waals surface area contributed by atoms with Crippen molar-refractivity contribution in [2.24, 2.45) is 11.8 Å². The smallest absolute Gasteiger partial charge is 0.0840 e. The molecule has 0 aromatic carbocycles. The van der Waals surface area contributed by atoms with E-state index in [1.807, 2.05) is 0 Å². The average molecular weight is 126 g/mol. The van der Waals surface area contributed by atoms with E-state index in [0.717, 1.165) is 6.42 Å². The molecule has 0 aliphatic rings. The second kappa shape index (κ2) is 4.37. The zero-order valence-electron chi connectivity index (χ0n) is 6.02. The Morgan fingerprint density at radius 3 is 2.44 bits per heavy atom. The van der Waals surface area contributed by atoms with E-state index in [4.69, 9.17) is 12.3 Å². The van der Waals surface area contributed by atoms with Crippen molar-refractivity contribution in [1.29, 1.82) is 0 Å². The van der Waals surface area contributed by atoms with Crippen LogP contribution in [0.1, 0.15) is 20.3 Å². The van der Waals surface area contributed by atoms with Gasteiger partial charge in [-0.15, -0.1) is 6.42 Å². The minimum atomic E-state index is 0.0231.